The van der Waals surface area contributed by atoms with Crippen LogP contribution in [0.3, 0.4) is 0 Å². The number of H-pyrrole nitrogens is 1. The molecule has 184 valence electrons. The number of ether oxygens (including phenoxy) is 1. The number of carbonyl (C=O) groups excluding carboxylic acids is 1. The first-order valence-electron chi connectivity index (χ1n) is 12.5. The number of carbonyl (C=O) groups is 1. The Kier molecular flexibility index (Phi) is 6.85. The number of aromatic amines is 1. The minimum atomic E-state index is -0.223. The van der Waals surface area contributed by atoms with Crippen molar-refractivity contribution in [1.82, 2.24) is 10.3 Å². The lowest BCUT2D eigenvalue weighted by atomic mass is 9.99. The highest BCUT2D eigenvalue weighted by molar-refractivity contribution is 6.34. The van der Waals surface area contributed by atoms with Crippen molar-refractivity contribution < 1.29 is 9.53 Å². The molecule has 1 atom stereocenters. The summed E-state index contributed by atoms with van der Waals surface area (Å²) >= 11 is 6.50. The van der Waals surface area contributed by atoms with Gasteiger partial charge in [-0.1, -0.05) is 47.3 Å². The summed E-state index contributed by atoms with van der Waals surface area (Å²) in [6.07, 6.45) is 6.25. The summed E-state index contributed by atoms with van der Waals surface area (Å²) < 4.78 is 6.41. The third-order valence-electron chi connectivity index (χ3n) is 6.90. The molecule has 1 saturated heterocycles. The third-order valence-corrected chi connectivity index (χ3v) is 7.21. The molecular weight excluding hydrogens is 462 g/mol. The van der Waals surface area contributed by atoms with Crippen LogP contribution in [0, 0.1) is 19.8 Å². The lowest BCUT2D eigenvalue weighted by molar-refractivity contribution is -0.117. The summed E-state index contributed by atoms with van der Waals surface area (Å²) in [6.45, 7) is 5.56. The number of halogens is 1. The largest absolute Gasteiger partial charge is 0.492 e. The molecule has 2 aromatic carbocycles. The second-order valence-corrected chi connectivity index (χ2v) is 10.4. The summed E-state index contributed by atoms with van der Waals surface area (Å²) in [7, 11) is 0. The van der Waals surface area contributed by atoms with Crippen molar-refractivity contribution in [2.24, 2.45) is 5.92 Å². The zero-order chi connectivity index (χ0) is 24.5. The fraction of sp³-hybridized carbons (Fsp3) is 0.429. The summed E-state index contributed by atoms with van der Waals surface area (Å²) in [5, 5.41) is 7.64. The average Bonchev–Trinajstić information content (AvgIpc) is 3.65. The van der Waals surface area contributed by atoms with Gasteiger partial charge in [-0.2, -0.15) is 0 Å². The molecule has 3 aromatic rings. The van der Waals surface area contributed by atoms with E-state index in [1.807, 2.05) is 32.0 Å². The van der Waals surface area contributed by atoms with E-state index >= 15 is 0 Å². The fourth-order valence-electron chi connectivity index (χ4n) is 4.97. The molecule has 1 unspecified atom stereocenters. The second kappa shape index (κ2) is 10.0. The van der Waals surface area contributed by atoms with E-state index < -0.39 is 0 Å². The van der Waals surface area contributed by atoms with E-state index in [-0.39, 0.29) is 17.4 Å². The van der Waals surface area contributed by atoms with Crippen LogP contribution in [-0.2, 0) is 4.79 Å². The lowest BCUT2D eigenvalue weighted by Gasteiger charge is -2.24. The molecule has 2 heterocycles. The zero-order valence-corrected chi connectivity index (χ0v) is 21.1. The molecule has 1 saturated carbocycles. The molecule has 35 heavy (non-hydrogen) atoms. The number of anilines is 1. The van der Waals surface area contributed by atoms with E-state index in [1.54, 1.807) is 6.07 Å². The molecule has 0 spiro atoms. The average molecular weight is 494 g/mol. The topological polar surface area (TPSA) is 83.2 Å². The number of benzene rings is 2. The van der Waals surface area contributed by atoms with Crippen molar-refractivity contribution in [2.45, 2.75) is 58.4 Å². The van der Waals surface area contributed by atoms with Crippen molar-refractivity contribution in [3.63, 3.8) is 0 Å². The van der Waals surface area contributed by atoms with Gasteiger partial charge in [-0.3, -0.25) is 9.59 Å². The number of rotatable bonds is 7. The molecule has 5 rings (SSSR count). The molecule has 0 bridgehead atoms. The van der Waals surface area contributed by atoms with Gasteiger partial charge in [0.2, 0.25) is 5.91 Å². The van der Waals surface area contributed by atoms with Crippen LogP contribution >= 0.6 is 11.6 Å². The monoisotopic (exact) mass is 493 g/mol. The first-order valence-corrected chi connectivity index (χ1v) is 12.9. The summed E-state index contributed by atoms with van der Waals surface area (Å²) in [5.74, 6) is 0.570. The van der Waals surface area contributed by atoms with Crippen molar-refractivity contribution in [3.8, 4) is 16.9 Å². The SMILES string of the molecule is Cc1cc(C)cc(-c2c(OCCC3CCCCN3)c3cc(NC(=O)C4CC4)c(Cl)cc3[nH]c2=O)c1. The van der Waals surface area contributed by atoms with Crippen LogP contribution in [0.2, 0.25) is 5.02 Å². The van der Waals surface area contributed by atoms with Gasteiger partial charge in [0, 0.05) is 17.3 Å². The Morgan fingerprint density at radius 3 is 2.54 bits per heavy atom. The van der Waals surface area contributed by atoms with Crippen molar-refractivity contribution in [3.05, 3.63) is 56.8 Å². The number of hydrogen-bond acceptors (Lipinski definition) is 4. The van der Waals surface area contributed by atoms with Gasteiger partial charge < -0.3 is 20.4 Å². The molecule has 2 aliphatic rings. The van der Waals surface area contributed by atoms with E-state index in [4.69, 9.17) is 16.3 Å². The van der Waals surface area contributed by atoms with Gasteiger partial charge in [0.05, 0.1) is 28.4 Å². The normalized spacial score (nSPS) is 18.0. The van der Waals surface area contributed by atoms with E-state index in [1.165, 1.54) is 12.8 Å². The number of nitrogens with one attached hydrogen (secondary N) is 3. The van der Waals surface area contributed by atoms with Crippen LogP contribution in [0.4, 0.5) is 5.69 Å². The van der Waals surface area contributed by atoms with E-state index in [0.29, 0.717) is 40.2 Å². The first kappa shape index (κ1) is 23.9. The fourth-order valence-corrected chi connectivity index (χ4v) is 5.18. The maximum atomic E-state index is 13.4. The van der Waals surface area contributed by atoms with Crippen molar-refractivity contribution in [1.29, 1.82) is 0 Å². The minimum absolute atomic E-state index is 0.0175. The van der Waals surface area contributed by atoms with Crippen LogP contribution in [0.15, 0.2) is 35.1 Å². The molecular formula is C28H32ClN3O3. The number of piperidine rings is 1. The number of pyridine rings is 1. The molecule has 0 radical (unpaired) electrons. The maximum Gasteiger partial charge on any atom is 0.260 e. The molecule has 6 nitrogen and oxygen atoms in total. The highest BCUT2D eigenvalue weighted by atomic mass is 35.5. The quantitative estimate of drug-likeness (QED) is 0.393. The number of fused-ring (bicyclic) bond motifs is 1. The predicted molar refractivity (Wildman–Crippen MR) is 142 cm³/mol. The highest BCUT2D eigenvalue weighted by Gasteiger charge is 2.30. The smallest absolute Gasteiger partial charge is 0.260 e. The van der Waals surface area contributed by atoms with Crippen LogP contribution in [0.1, 0.15) is 49.7 Å². The Morgan fingerprint density at radius 1 is 1.09 bits per heavy atom. The van der Waals surface area contributed by atoms with Crippen molar-refractivity contribution >= 4 is 34.1 Å². The second-order valence-electron chi connectivity index (χ2n) is 9.96. The van der Waals surface area contributed by atoms with Gasteiger partial charge in [0.25, 0.3) is 5.56 Å². The molecule has 1 amide bonds. The van der Waals surface area contributed by atoms with Crippen LogP contribution in [0.5, 0.6) is 5.75 Å². The Bertz CT molecular complexity index is 1300. The van der Waals surface area contributed by atoms with Gasteiger partial charge in [-0.25, -0.2) is 0 Å². The Balaban J connectivity index is 1.59. The molecule has 3 N–H and O–H groups in total. The van der Waals surface area contributed by atoms with E-state index in [0.717, 1.165) is 54.3 Å². The van der Waals surface area contributed by atoms with Gasteiger partial charge in [-0.05, 0) is 70.2 Å². The molecule has 1 aliphatic heterocycles. The lowest BCUT2D eigenvalue weighted by Crippen LogP contribution is -2.35. The maximum absolute atomic E-state index is 13.4. The Morgan fingerprint density at radius 2 is 1.86 bits per heavy atom. The number of aryl methyl sites for hydroxylation is 2. The molecule has 1 aromatic heterocycles. The van der Waals surface area contributed by atoms with Gasteiger partial charge in [0.1, 0.15) is 5.75 Å². The van der Waals surface area contributed by atoms with Gasteiger partial charge >= 0.3 is 0 Å². The first-order chi connectivity index (χ1) is 16.9. The van der Waals surface area contributed by atoms with Gasteiger partial charge in [-0.15, -0.1) is 0 Å². The van der Waals surface area contributed by atoms with E-state index in [9.17, 15) is 9.59 Å². The Hall–Kier alpha value is -2.83. The van der Waals surface area contributed by atoms with Gasteiger partial charge in [0.15, 0.2) is 0 Å². The third kappa shape index (κ3) is 5.39. The van der Waals surface area contributed by atoms with Crippen molar-refractivity contribution in [2.75, 3.05) is 18.5 Å². The summed E-state index contributed by atoms with van der Waals surface area (Å²) in [4.78, 5) is 28.8. The zero-order valence-electron chi connectivity index (χ0n) is 20.3. The summed E-state index contributed by atoms with van der Waals surface area (Å²) in [6, 6.07) is 10.0. The highest BCUT2D eigenvalue weighted by Crippen LogP contribution is 2.39. The van der Waals surface area contributed by atoms with E-state index in [2.05, 4.69) is 21.7 Å². The summed E-state index contributed by atoms with van der Waals surface area (Å²) in [5.41, 5.74) is 4.36. The molecule has 7 heteroatoms. The molecule has 2 fully saturated rings. The minimum Gasteiger partial charge on any atom is -0.492 e. The number of hydrogen-bond donors (Lipinski definition) is 3. The standard InChI is InChI=1S/C28H32ClN3O3/c1-16-11-17(2)13-19(12-16)25-26(35-10-8-20-5-3-4-9-30-20)21-14-24(32-27(33)18-6-7-18)22(29)15-23(21)31-28(25)34/h11-15,18,20,30H,3-10H2,1-2H3,(H,31,34)(H,32,33). The van der Waals surface area contributed by atoms with Crippen LogP contribution in [0.25, 0.3) is 22.0 Å². The number of amides is 1. The van der Waals surface area contributed by atoms with Crippen LogP contribution in [-0.4, -0.2) is 30.1 Å². The molecule has 1 aliphatic carbocycles. The predicted octanol–water partition coefficient (Wildman–Crippen LogP) is 5.72. The number of aromatic nitrogens is 1. The van der Waals surface area contributed by atoms with Crippen LogP contribution < -0.4 is 20.9 Å². The Labute approximate surface area is 210 Å².